The first-order chi connectivity index (χ1) is 13.1. The number of H-pyrrole nitrogens is 1. The van der Waals surface area contributed by atoms with Crippen LogP contribution in [0.3, 0.4) is 0 Å². The van der Waals surface area contributed by atoms with E-state index in [9.17, 15) is 9.59 Å². The van der Waals surface area contributed by atoms with Crippen LogP contribution in [-0.2, 0) is 6.54 Å². The normalized spacial score (nSPS) is 24.8. The lowest BCUT2D eigenvalue weighted by atomic mass is 9.81. The van der Waals surface area contributed by atoms with Gasteiger partial charge in [0.15, 0.2) is 0 Å². The van der Waals surface area contributed by atoms with E-state index in [1.54, 1.807) is 6.07 Å². The second-order valence-electron chi connectivity index (χ2n) is 7.56. The number of para-hydroxylation sites is 1. The summed E-state index contributed by atoms with van der Waals surface area (Å²) in [5.41, 5.74) is 0.937. The van der Waals surface area contributed by atoms with E-state index in [2.05, 4.69) is 10.3 Å². The van der Waals surface area contributed by atoms with Crippen LogP contribution < -0.4 is 15.6 Å². The predicted molar refractivity (Wildman–Crippen MR) is 103 cm³/mol. The Kier molecular flexibility index (Phi) is 4.74. The number of aromatic amines is 1. The van der Waals surface area contributed by atoms with Gasteiger partial charge in [0.05, 0.1) is 12.1 Å². The molecule has 1 amide bonds. The van der Waals surface area contributed by atoms with Crippen LogP contribution in [0.4, 0.5) is 0 Å². The zero-order valence-electron chi connectivity index (χ0n) is 15.5. The van der Waals surface area contributed by atoms with Crippen LogP contribution in [0.15, 0.2) is 47.4 Å². The molecule has 6 nitrogen and oxygen atoms in total. The lowest BCUT2D eigenvalue weighted by Crippen LogP contribution is -2.51. The molecule has 6 heteroatoms. The maximum Gasteiger partial charge on any atom is 0.255 e. The minimum Gasteiger partial charge on any atom is -0.485 e. The van der Waals surface area contributed by atoms with Crippen LogP contribution >= 0.6 is 0 Å². The predicted octanol–water partition coefficient (Wildman–Crippen LogP) is 2.31. The number of amides is 1. The Labute approximate surface area is 158 Å². The highest BCUT2D eigenvalue weighted by molar-refractivity contribution is 5.94. The summed E-state index contributed by atoms with van der Waals surface area (Å²) in [5, 5.41) is 3.36. The van der Waals surface area contributed by atoms with Crippen molar-refractivity contribution in [2.45, 2.75) is 43.9 Å². The Morgan fingerprint density at radius 2 is 2.00 bits per heavy atom. The number of carbonyl (C=O) groups is 1. The van der Waals surface area contributed by atoms with Crippen molar-refractivity contribution >= 4 is 5.91 Å². The number of benzene rings is 1. The molecule has 0 atom stereocenters. The third-order valence-corrected chi connectivity index (χ3v) is 5.76. The number of carbonyl (C=O) groups excluding carboxylic acids is 1. The molecule has 1 spiro atoms. The molecule has 2 aliphatic rings. The Morgan fingerprint density at radius 1 is 1.22 bits per heavy atom. The Balaban J connectivity index is 1.66. The number of nitrogens with one attached hydrogen (secondary N) is 2. The highest BCUT2D eigenvalue weighted by Crippen LogP contribution is 2.38. The van der Waals surface area contributed by atoms with E-state index >= 15 is 0 Å². The van der Waals surface area contributed by atoms with Gasteiger partial charge < -0.3 is 19.9 Å². The molecule has 1 aromatic heterocycles. The summed E-state index contributed by atoms with van der Waals surface area (Å²) in [6.45, 7) is 1.06. The van der Waals surface area contributed by atoms with Gasteiger partial charge in [0.1, 0.15) is 11.4 Å². The molecular weight excluding hydrogens is 342 g/mol. The van der Waals surface area contributed by atoms with Crippen molar-refractivity contribution in [3.8, 4) is 5.75 Å². The molecule has 2 aromatic rings. The van der Waals surface area contributed by atoms with Gasteiger partial charge in [-0.3, -0.25) is 9.59 Å². The number of nitrogens with zero attached hydrogens (tertiary/aromatic N) is 1. The monoisotopic (exact) mass is 367 g/mol. The third kappa shape index (κ3) is 3.62. The summed E-state index contributed by atoms with van der Waals surface area (Å²) in [5.74, 6) is 0.791. The van der Waals surface area contributed by atoms with Gasteiger partial charge in [0.25, 0.3) is 5.91 Å². The molecule has 1 aliphatic heterocycles. The first kappa shape index (κ1) is 17.8. The summed E-state index contributed by atoms with van der Waals surface area (Å²) in [6, 6.07) is 11.4. The molecule has 4 rings (SSSR count). The van der Waals surface area contributed by atoms with Crippen LogP contribution in [0.2, 0.25) is 0 Å². The summed E-state index contributed by atoms with van der Waals surface area (Å²) >= 11 is 0. The Morgan fingerprint density at radius 3 is 2.70 bits per heavy atom. The fourth-order valence-corrected chi connectivity index (χ4v) is 4.17. The lowest BCUT2D eigenvalue weighted by molar-refractivity contribution is 0.000420. The second-order valence-corrected chi connectivity index (χ2v) is 7.56. The molecule has 0 unspecified atom stereocenters. The molecule has 1 fully saturated rings. The van der Waals surface area contributed by atoms with Crippen LogP contribution in [0, 0.1) is 0 Å². The number of ether oxygens (including phenoxy) is 1. The maximum atomic E-state index is 13.2. The first-order valence-electron chi connectivity index (χ1n) is 9.51. The molecule has 0 saturated heterocycles. The number of hydrogen-bond donors (Lipinski definition) is 2. The molecule has 0 radical (unpaired) electrons. The topological polar surface area (TPSA) is 74.4 Å². The lowest BCUT2D eigenvalue weighted by Gasteiger charge is -2.41. The van der Waals surface area contributed by atoms with E-state index in [1.165, 1.54) is 12.3 Å². The SMILES string of the molecule is CNC1CCC2(CC1)CN(C(=O)c1ccc(=O)[nH]c1)Cc1ccccc1O2. The Hall–Kier alpha value is -2.60. The highest BCUT2D eigenvalue weighted by Gasteiger charge is 2.42. The van der Waals surface area contributed by atoms with E-state index in [0.717, 1.165) is 37.0 Å². The second kappa shape index (κ2) is 7.19. The quantitative estimate of drug-likeness (QED) is 0.854. The number of fused-ring (bicyclic) bond motifs is 1. The van der Waals surface area contributed by atoms with Crippen molar-refractivity contribution in [1.82, 2.24) is 15.2 Å². The molecule has 27 heavy (non-hydrogen) atoms. The largest absolute Gasteiger partial charge is 0.485 e. The van der Waals surface area contributed by atoms with Crippen LogP contribution in [0.1, 0.15) is 41.6 Å². The first-order valence-corrected chi connectivity index (χ1v) is 9.51. The highest BCUT2D eigenvalue weighted by atomic mass is 16.5. The molecule has 1 saturated carbocycles. The van der Waals surface area contributed by atoms with E-state index in [4.69, 9.17) is 4.74 Å². The summed E-state index contributed by atoms with van der Waals surface area (Å²) in [4.78, 5) is 28.9. The van der Waals surface area contributed by atoms with Crippen molar-refractivity contribution in [2.24, 2.45) is 0 Å². The average Bonchev–Trinajstić information content (AvgIpc) is 2.85. The van der Waals surface area contributed by atoms with Gasteiger partial charge in [0, 0.05) is 30.4 Å². The molecule has 2 heterocycles. The molecule has 2 N–H and O–H groups in total. The molecule has 142 valence electrons. The van der Waals surface area contributed by atoms with E-state index in [1.807, 2.05) is 36.2 Å². The van der Waals surface area contributed by atoms with Gasteiger partial charge in [-0.25, -0.2) is 0 Å². The van der Waals surface area contributed by atoms with Crippen molar-refractivity contribution < 1.29 is 9.53 Å². The zero-order valence-corrected chi connectivity index (χ0v) is 15.5. The molecule has 0 bridgehead atoms. The van der Waals surface area contributed by atoms with Crippen LogP contribution in [-0.4, -0.2) is 41.0 Å². The fourth-order valence-electron chi connectivity index (χ4n) is 4.17. The summed E-state index contributed by atoms with van der Waals surface area (Å²) < 4.78 is 6.53. The standard InChI is InChI=1S/C21H25N3O3/c1-22-17-8-10-21(11-9-17)14-24(13-16-4-2-3-5-18(16)27-21)20(26)15-6-7-19(25)23-12-15/h2-7,12,17,22H,8-11,13-14H2,1H3,(H,23,25). The van der Waals surface area contributed by atoms with Gasteiger partial charge in [-0.2, -0.15) is 0 Å². The molecular formula is C21H25N3O3. The minimum atomic E-state index is -0.363. The smallest absolute Gasteiger partial charge is 0.255 e. The number of pyridine rings is 1. The Bertz CT molecular complexity index is 864. The number of aromatic nitrogens is 1. The van der Waals surface area contributed by atoms with Gasteiger partial charge in [-0.05, 0) is 44.9 Å². The van der Waals surface area contributed by atoms with Crippen LogP contribution in [0.5, 0.6) is 5.75 Å². The zero-order chi connectivity index (χ0) is 18.9. The van der Waals surface area contributed by atoms with E-state index in [0.29, 0.717) is 24.7 Å². The number of rotatable bonds is 2. The van der Waals surface area contributed by atoms with Gasteiger partial charge >= 0.3 is 0 Å². The van der Waals surface area contributed by atoms with E-state index < -0.39 is 0 Å². The number of hydrogen-bond acceptors (Lipinski definition) is 4. The van der Waals surface area contributed by atoms with Gasteiger partial charge in [0.2, 0.25) is 5.56 Å². The summed E-state index contributed by atoms with van der Waals surface area (Å²) in [7, 11) is 2.00. The average molecular weight is 367 g/mol. The molecule has 1 aromatic carbocycles. The maximum absolute atomic E-state index is 13.2. The van der Waals surface area contributed by atoms with Crippen molar-refractivity contribution in [3.63, 3.8) is 0 Å². The molecule has 1 aliphatic carbocycles. The van der Waals surface area contributed by atoms with Crippen molar-refractivity contribution in [2.75, 3.05) is 13.6 Å². The summed E-state index contributed by atoms with van der Waals surface area (Å²) in [6.07, 6.45) is 5.36. The van der Waals surface area contributed by atoms with E-state index in [-0.39, 0.29) is 17.1 Å². The van der Waals surface area contributed by atoms with Gasteiger partial charge in [-0.15, -0.1) is 0 Å². The van der Waals surface area contributed by atoms with Crippen LogP contribution in [0.25, 0.3) is 0 Å². The fraction of sp³-hybridized carbons (Fsp3) is 0.429. The van der Waals surface area contributed by atoms with Crippen molar-refractivity contribution in [1.29, 1.82) is 0 Å². The van der Waals surface area contributed by atoms with Gasteiger partial charge in [-0.1, -0.05) is 18.2 Å². The minimum absolute atomic E-state index is 0.0818. The van der Waals surface area contributed by atoms with Crippen molar-refractivity contribution in [3.05, 3.63) is 64.1 Å². The third-order valence-electron chi connectivity index (χ3n) is 5.76.